The normalized spacial score (nSPS) is 16.5. The smallest absolute Gasteiger partial charge is 0.251 e. The van der Waals surface area contributed by atoms with Crippen molar-refractivity contribution in [2.45, 2.75) is 12.8 Å². The molecule has 0 spiro atoms. The zero-order valence-electron chi connectivity index (χ0n) is 10.1. The van der Waals surface area contributed by atoms with E-state index in [4.69, 9.17) is 5.73 Å². The van der Waals surface area contributed by atoms with Crippen molar-refractivity contribution in [2.24, 2.45) is 5.92 Å². The summed E-state index contributed by atoms with van der Waals surface area (Å²) in [6.45, 7) is 0.770. The standard InChI is InChI=1S/C13H17BrN2OS/c14-11-5-10(6-12(15)7-11)13(17)16-8-9-1-3-18-4-2-9/h5-7,9H,1-4,8,15H2,(H,16,17). The Morgan fingerprint density at radius 1 is 1.39 bits per heavy atom. The Morgan fingerprint density at radius 2 is 2.11 bits per heavy atom. The fourth-order valence-electron chi connectivity index (χ4n) is 2.03. The van der Waals surface area contributed by atoms with E-state index in [9.17, 15) is 4.79 Å². The molecule has 0 atom stereocenters. The number of amides is 1. The van der Waals surface area contributed by atoms with Crippen LogP contribution < -0.4 is 11.1 Å². The van der Waals surface area contributed by atoms with Gasteiger partial charge in [-0.05, 0) is 48.5 Å². The molecule has 1 fully saturated rings. The maximum Gasteiger partial charge on any atom is 0.251 e. The van der Waals surface area contributed by atoms with Crippen LogP contribution in [0.5, 0.6) is 0 Å². The summed E-state index contributed by atoms with van der Waals surface area (Å²) in [4.78, 5) is 12.0. The van der Waals surface area contributed by atoms with E-state index in [1.54, 1.807) is 18.2 Å². The molecule has 1 heterocycles. The predicted octanol–water partition coefficient (Wildman–Crippen LogP) is 2.90. The molecule has 0 bridgehead atoms. The van der Waals surface area contributed by atoms with Crippen LogP contribution in [0.1, 0.15) is 23.2 Å². The average Bonchev–Trinajstić information content (AvgIpc) is 2.36. The SMILES string of the molecule is Nc1cc(Br)cc(C(=O)NCC2CCSCC2)c1. The Labute approximate surface area is 120 Å². The third-order valence-electron chi connectivity index (χ3n) is 3.07. The molecule has 1 aliphatic rings. The van der Waals surface area contributed by atoms with Crippen LogP contribution in [-0.2, 0) is 0 Å². The van der Waals surface area contributed by atoms with Gasteiger partial charge in [-0.2, -0.15) is 11.8 Å². The van der Waals surface area contributed by atoms with Gasteiger partial charge in [-0.25, -0.2) is 0 Å². The number of benzene rings is 1. The second-order valence-corrected chi connectivity index (χ2v) is 6.68. The third-order valence-corrected chi connectivity index (χ3v) is 4.58. The second kappa shape index (κ2) is 6.48. The predicted molar refractivity (Wildman–Crippen MR) is 80.9 cm³/mol. The summed E-state index contributed by atoms with van der Waals surface area (Å²) in [5.41, 5.74) is 6.94. The number of hydrogen-bond acceptors (Lipinski definition) is 3. The van der Waals surface area contributed by atoms with Crippen molar-refractivity contribution < 1.29 is 4.79 Å². The Kier molecular flexibility index (Phi) is 4.95. The van der Waals surface area contributed by atoms with E-state index in [1.807, 2.05) is 11.8 Å². The summed E-state index contributed by atoms with van der Waals surface area (Å²) < 4.78 is 0.835. The van der Waals surface area contributed by atoms with Gasteiger partial charge in [-0.15, -0.1) is 0 Å². The largest absolute Gasteiger partial charge is 0.399 e. The minimum absolute atomic E-state index is 0.0405. The van der Waals surface area contributed by atoms with Crippen molar-refractivity contribution in [3.8, 4) is 0 Å². The number of nitrogens with two attached hydrogens (primary N) is 1. The lowest BCUT2D eigenvalue weighted by Gasteiger charge is -2.21. The summed E-state index contributed by atoms with van der Waals surface area (Å²) in [5.74, 6) is 3.01. The first kappa shape index (κ1) is 13.7. The van der Waals surface area contributed by atoms with Crippen LogP contribution in [0.4, 0.5) is 5.69 Å². The molecule has 1 aromatic carbocycles. The van der Waals surface area contributed by atoms with Crippen LogP contribution in [0.2, 0.25) is 0 Å². The quantitative estimate of drug-likeness (QED) is 0.839. The van der Waals surface area contributed by atoms with E-state index in [0.717, 1.165) is 11.0 Å². The molecule has 5 heteroatoms. The first-order valence-electron chi connectivity index (χ1n) is 6.07. The Morgan fingerprint density at radius 3 is 2.78 bits per heavy atom. The van der Waals surface area contributed by atoms with Crippen molar-refractivity contribution >= 4 is 39.3 Å². The molecule has 98 valence electrons. The fraction of sp³-hybridized carbons (Fsp3) is 0.462. The molecule has 1 aromatic rings. The van der Waals surface area contributed by atoms with Gasteiger partial charge in [-0.1, -0.05) is 15.9 Å². The van der Waals surface area contributed by atoms with E-state index in [2.05, 4.69) is 21.2 Å². The highest BCUT2D eigenvalue weighted by atomic mass is 79.9. The summed E-state index contributed by atoms with van der Waals surface area (Å²) in [7, 11) is 0. The number of carbonyl (C=O) groups excluding carboxylic acids is 1. The molecular weight excluding hydrogens is 312 g/mol. The van der Waals surface area contributed by atoms with Gasteiger partial charge in [0, 0.05) is 22.3 Å². The van der Waals surface area contributed by atoms with Gasteiger partial charge in [0.1, 0.15) is 0 Å². The minimum atomic E-state index is -0.0405. The van der Waals surface area contributed by atoms with Crippen LogP contribution in [0.15, 0.2) is 22.7 Å². The number of halogens is 1. The zero-order chi connectivity index (χ0) is 13.0. The first-order chi connectivity index (χ1) is 8.65. The molecule has 0 saturated carbocycles. The van der Waals surface area contributed by atoms with Crippen LogP contribution in [-0.4, -0.2) is 24.0 Å². The molecule has 0 aliphatic carbocycles. The highest BCUT2D eigenvalue weighted by molar-refractivity contribution is 9.10. The lowest BCUT2D eigenvalue weighted by molar-refractivity contribution is 0.0946. The highest BCUT2D eigenvalue weighted by Gasteiger charge is 2.15. The molecule has 3 nitrogen and oxygen atoms in total. The topological polar surface area (TPSA) is 55.1 Å². The van der Waals surface area contributed by atoms with E-state index in [0.29, 0.717) is 17.2 Å². The maximum absolute atomic E-state index is 12.0. The first-order valence-corrected chi connectivity index (χ1v) is 8.02. The summed E-state index contributed by atoms with van der Waals surface area (Å²) in [6.07, 6.45) is 2.40. The highest BCUT2D eigenvalue weighted by Crippen LogP contribution is 2.22. The number of nitrogens with one attached hydrogen (secondary N) is 1. The van der Waals surface area contributed by atoms with Gasteiger partial charge in [0.15, 0.2) is 0 Å². The van der Waals surface area contributed by atoms with E-state index >= 15 is 0 Å². The van der Waals surface area contributed by atoms with Crippen LogP contribution >= 0.6 is 27.7 Å². The molecule has 3 N–H and O–H groups in total. The minimum Gasteiger partial charge on any atom is -0.399 e. The van der Waals surface area contributed by atoms with Crippen molar-refractivity contribution in [1.29, 1.82) is 0 Å². The molecule has 0 radical (unpaired) electrons. The molecule has 0 unspecified atom stereocenters. The average molecular weight is 329 g/mol. The Balaban J connectivity index is 1.90. The fourth-order valence-corrected chi connectivity index (χ4v) is 3.75. The third kappa shape index (κ3) is 3.92. The van der Waals surface area contributed by atoms with Gasteiger partial charge in [0.2, 0.25) is 0 Å². The lowest BCUT2D eigenvalue weighted by atomic mass is 10.0. The number of anilines is 1. The molecule has 2 rings (SSSR count). The van der Waals surface area contributed by atoms with Gasteiger partial charge < -0.3 is 11.1 Å². The molecule has 0 aromatic heterocycles. The number of nitrogen functional groups attached to an aromatic ring is 1. The molecule has 18 heavy (non-hydrogen) atoms. The Hall–Kier alpha value is -0.680. The van der Waals surface area contributed by atoms with Crippen molar-refractivity contribution in [1.82, 2.24) is 5.32 Å². The molecule has 1 saturated heterocycles. The maximum atomic E-state index is 12.0. The van der Waals surface area contributed by atoms with Crippen molar-refractivity contribution in [3.05, 3.63) is 28.2 Å². The van der Waals surface area contributed by atoms with Gasteiger partial charge in [0.05, 0.1) is 0 Å². The van der Waals surface area contributed by atoms with Gasteiger partial charge in [-0.3, -0.25) is 4.79 Å². The van der Waals surface area contributed by atoms with Gasteiger partial charge in [0.25, 0.3) is 5.91 Å². The summed E-state index contributed by atoms with van der Waals surface area (Å²) >= 11 is 5.34. The molecule has 1 aliphatic heterocycles. The zero-order valence-corrected chi connectivity index (χ0v) is 12.5. The second-order valence-electron chi connectivity index (χ2n) is 4.54. The van der Waals surface area contributed by atoms with Crippen molar-refractivity contribution in [2.75, 3.05) is 23.8 Å². The number of thioether (sulfide) groups is 1. The molecular formula is C13H17BrN2OS. The number of carbonyl (C=O) groups is 1. The van der Waals surface area contributed by atoms with Crippen LogP contribution in [0, 0.1) is 5.92 Å². The summed E-state index contributed by atoms with van der Waals surface area (Å²) in [6, 6.07) is 5.29. The van der Waals surface area contributed by atoms with E-state index in [1.165, 1.54) is 24.3 Å². The lowest BCUT2D eigenvalue weighted by Crippen LogP contribution is -2.31. The van der Waals surface area contributed by atoms with Crippen molar-refractivity contribution in [3.63, 3.8) is 0 Å². The van der Waals surface area contributed by atoms with E-state index < -0.39 is 0 Å². The Bertz CT molecular complexity index is 413. The molecule has 1 amide bonds. The van der Waals surface area contributed by atoms with Crippen LogP contribution in [0.3, 0.4) is 0 Å². The van der Waals surface area contributed by atoms with Crippen LogP contribution in [0.25, 0.3) is 0 Å². The number of rotatable bonds is 3. The summed E-state index contributed by atoms with van der Waals surface area (Å²) in [5, 5.41) is 3.00. The van der Waals surface area contributed by atoms with Gasteiger partial charge >= 0.3 is 0 Å². The van der Waals surface area contributed by atoms with E-state index in [-0.39, 0.29) is 5.91 Å². The monoisotopic (exact) mass is 328 g/mol. The number of hydrogen-bond donors (Lipinski definition) is 2.